The zero-order valence-corrected chi connectivity index (χ0v) is 10.6. The van der Waals surface area contributed by atoms with Gasteiger partial charge in [-0.05, 0) is 24.3 Å². The Labute approximate surface area is 117 Å². The van der Waals surface area contributed by atoms with Crippen LogP contribution >= 0.6 is 11.6 Å². The molecule has 0 unspecified atom stereocenters. The van der Waals surface area contributed by atoms with Gasteiger partial charge in [0.2, 0.25) is 5.82 Å². The summed E-state index contributed by atoms with van der Waals surface area (Å²) in [6.07, 6.45) is 1.42. The molecule has 1 aromatic carbocycles. The molecule has 1 aromatic heterocycles. The number of nitro benzene ring substituents is 1. The van der Waals surface area contributed by atoms with Gasteiger partial charge in [0, 0.05) is 18.0 Å². The third kappa shape index (κ3) is 2.89. The quantitative estimate of drug-likeness (QED) is 0.536. The van der Waals surface area contributed by atoms with Crippen LogP contribution in [0.3, 0.4) is 0 Å². The van der Waals surface area contributed by atoms with E-state index in [9.17, 15) is 19.3 Å². The third-order valence-electron chi connectivity index (χ3n) is 2.40. The van der Waals surface area contributed by atoms with Crippen molar-refractivity contribution in [3.05, 3.63) is 63.2 Å². The van der Waals surface area contributed by atoms with Gasteiger partial charge in [0.15, 0.2) is 0 Å². The van der Waals surface area contributed by atoms with E-state index < -0.39 is 22.3 Å². The monoisotopic (exact) mass is 295 g/mol. The normalized spacial score (nSPS) is 10.1. The summed E-state index contributed by atoms with van der Waals surface area (Å²) >= 11 is 5.75. The van der Waals surface area contributed by atoms with Crippen LogP contribution in [-0.4, -0.2) is 15.8 Å². The Morgan fingerprint density at radius 2 is 2.15 bits per heavy atom. The average molecular weight is 296 g/mol. The summed E-state index contributed by atoms with van der Waals surface area (Å²) < 4.78 is 13.2. The smallest absolute Gasteiger partial charge is 0.306 e. The highest BCUT2D eigenvalue weighted by Gasteiger charge is 2.16. The number of amides is 1. The molecule has 0 aliphatic heterocycles. The molecule has 6 nitrogen and oxygen atoms in total. The summed E-state index contributed by atoms with van der Waals surface area (Å²) in [6, 6.07) is 6.01. The Balaban J connectivity index is 2.27. The first-order chi connectivity index (χ1) is 9.49. The molecule has 0 saturated heterocycles. The SMILES string of the molecule is O=C(Nc1ccc(F)c([N+](=O)[O-])c1)c1cccnc1Cl. The number of hydrogen-bond donors (Lipinski definition) is 1. The van der Waals surface area contributed by atoms with Crippen molar-refractivity contribution in [3.63, 3.8) is 0 Å². The van der Waals surface area contributed by atoms with Crippen molar-refractivity contribution in [2.45, 2.75) is 0 Å². The van der Waals surface area contributed by atoms with Gasteiger partial charge in [-0.15, -0.1) is 0 Å². The van der Waals surface area contributed by atoms with Crippen LogP contribution in [-0.2, 0) is 0 Å². The van der Waals surface area contributed by atoms with E-state index in [1.165, 1.54) is 24.4 Å². The first-order valence-electron chi connectivity index (χ1n) is 5.35. The number of hydrogen-bond acceptors (Lipinski definition) is 4. The molecule has 2 aromatic rings. The molecule has 0 spiro atoms. The molecule has 1 amide bonds. The predicted molar refractivity (Wildman–Crippen MR) is 70.3 cm³/mol. The fraction of sp³-hybridized carbons (Fsp3) is 0. The lowest BCUT2D eigenvalue weighted by molar-refractivity contribution is -0.387. The molecule has 0 saturated carbocycles. The summed E-state index contributed by atoms with van der Waals surface area (Å²) in [5, 5.41) is 13.0. The summed E-state index contributed by atoms with van der Waals surface area (Å²) in [7, 11) is 0. The van der Waals surface area contributed by atoms with Crippen molar-refractivity contribution in [2.75, 3.05) is 5.32 Å². The van der Waals surface area contributed by atoms with E-state index in [4.69, 9.17) is 11.6 Å². The van der Waals surface area contributed by atoms with Crippen molar-refractivity contribution in [1.82, 2.24) is 4.98 Å². The molecular weight excluding hydrogens is 289 g/mol. The lowest BCUT2D eigenvalue weighted by Crippen LogP contribution is -2.13. The van der Waals surface area contributed by atoms with E-state index in [0.29, 0.717) is 0 Å². The van der Waals surface area contributed by atoms with E-state index in [-0.39, 0.29) is 16.4 Å². The van der Waals surface area contributed by atoms with Crippen LogP contribution < -0.4 is 5.32 Å². The van der Waals surface area contributed by atoms with Gasteiger partial charge in [-0.1, -0.05) is 11.6 Å². The summed E-state index contributed by atoms with van der Waals surface area (Å²) in [5.74, 6) is -1.57. The van der Waals surface area contributed by atoms with Crippen LogP contribution in [0.5, 0.6) is 0 Å². The van der Waals surface area contributed by atoms with Crippen LogP contribution in [0, 0.1) is 15.9 Å². The van der Waals surface area contributed by atoms with E-state index >= 15 is 0 Å². The molecule has 8 heteroatoms. The Bertz CT molecular complexity index is 693. The lowest BCUT2D eigenvalue weighted by atomic mass is 10.2. The fourth-order valence-electron chi connectivity index (χ4n) is 1.48. The second-order valence-corrected chi connectivity index (χ2v) is 4.08. The van der Waals surface area contributed by atoms with E-state index in [1.807, 2.05) is 0 Å². The van der Waals surface area contributed by atoms with Gasteiger partial charge >= 0.3 is 5.69 Å². The number of rotatable bonds is 3. The Hall–Kier alpha value is -2.54. The highest BCUT2D eigenvalue weighted by atomic mass is 35.5. The maximum absolute atomic E-state index is 13.2. The molecule has 0 bridgehead atoms. The average Bonchev–Trinajstić information content (AvgIpc) is 2.41. The van der Waals surface area contributed by atoms with E-state index in [0.717, 1.165) is 12.1 Å². The molecule has 0 aliphatic rings. The van der Waals surface area contributed by atoms with Crippen LogP contribution in [0.1, 0.15) is 10.4 Å². The number of carbonyl (C=O) groups excluding carboxylic acids is 1. The number of halogens is 2. The van der Waals surface area contributed by atoms with Gasteiger partial charge < -0.3 is 5.32 Å². The van der Waals surface area contributed by atoms with Crippen molar-refractivity contribution >= 4 is 28.9 Å². The minimum Gasteiger partial charge on any atom is -0.322 e. The molecule has 2 rings (SSSR count). The fourth-order valence-corrected chi connectivity index (χ4v) is 1.69. The Morgan fingerprint density at radius 3 is 2.80 bits per heavy atom. The van der Waals surface area contributed by atoms with Gasteiger partial charge in [-0.3, -0.25) is 14.9 Å². The topological polar surface area (TPSA) is 85.1 Å². The maximum Gasteiger partial charge on any atom is 0.306 e. The lowest BCUT2D eigenvalue weighted by Gasteiger charge is -2.06. The maximum atomic E-state index is 13.2. The summed E-state index contributed by atoms with van der Waals surface area (Å²) in [6.45, 7) is 0. The third-order valence-corrected chi connectivity index (χ3v) is 2.71. The number of pyridine rings is 1. The van der Waals surface area contributed by atoms with Crippen molar-refractivity contribution in [3.8, 4) is 0 Å². The van der Waals surface area contributed by atoms with E-state index in [1.54, 1.807) is 0 Å². The molecular formula is C12H7ClFN3O3. The van der Waals surface area contributed by atoms with Crippen molar-refractivity contribution < 1.29 is 14.1 Å². The molecule has 0 radical (unpaired) electrons. The second-order valence-electron chi connectivity index (χ2n) is 3.72. The van der Waals surface area contributed by atoms with Gasteiger partial charge in [-0.25, -0.2) is 4.98 Å². The minimum atomic E-state index is -0.979. The summed E-state index contributed by atoms with van der Waals surface area (Å²) in [5.41, 5.74) is -0.524. The highest BCUT2D eigenvalue weighted by molar-refractivity contribution is 6.33. The molecule has 0 atom stereocenters. The number of nitrogens with one attached hydrogen (secondary N) is 1. The predicted octanol–water partition coefficient (Wildman–Crippen LogP) is 3.03. The largest absolute Gasteiger partial charge is 0.322 e. The number of aromatic nitrogens is 1. The minimum absolute atomic E-state index is 0.00149. The molecule has 0 fully saturated rings. The molecule has 20 heavy (non-hydrogen) atoms. The molecule has 1 N–H and O–H groups in total. The molecule has 102 valence electrons. The van der Waals surface area contributed by atoms with Crippen molar-refractivity contribution in [1.29, 1.82) is 0 Å². The van der Waals surface area contributed by atoms with E-state index in [2.05, 4.69) is 10.3 Å². The van der Waals surface area contributed by atoms with Crippen LogP contribution in [0.2, 0.25) is 5.15 Å². The van der Waals surface area contributed by atoms with Crippen LogP contribution in [0.25, 0.3) is 0 Å². The second kappa shape index (κ2) is 5.62. The van der Waals surface area contributed by atoms with Gasteiger partial charge in [0.1, 0.15) is 5.15 Å². The number of nitro groups is 1. The Kier molecular flexibility index (Phi) is 3.90. The number of anilines is 1. The highest BCUT2D eigenvalue weighted by Crippen LogP contribution is 2.22. The van der Waals surface area contributed by atoms with Gasteiger partial charge in [-0.2, -0.15) is 4.39 Å². The van der Waals surface area contributed by atoms with Gasteiger partial charge in [0.25, 0.3) is 5.91 Å². The number of benzene rings is 1. The zero-order valence-electron chi connectivity index (χ0n) is 9.84. The van der Waals surface area contributed by atoms with Crippen LogP contribution in [0.15, 0.2) is 36.5 Å². The zero-order chi connectivity index (χ0) is 14.7. The standard InChI is InChI=1S/C12H7ClFN3O3/c13-11-8(2-1-5-15-11)12(18)16-7-3-4-9(14)10(6-7)17(19)20/h1-6H,(H,16,18). The first-order valence-corrected chi connectivity index (χ1v) is 5.72. The van der Waals surface area contributed by atoms with Crippen LogP contribution in [0.4, 0.5) is 15.8 Å². The van der Waals surface area contributed by atoms with Gasteiger partial charge in [0.05, 0.1) is 10.5 Å². The number of nitrogens with zero attached hydrogens (tertiary/aromatic N) is 2. The first kappa shape index (κ1) is 13.9. The Morgan fingerprint density at radius 1 is 1.40 bits per heavy atom. The van der Waals surface area contributed by atoms with Crippen molar-refractivity contribution in [2.24, 2.45) is 0 Å². The molecule has 1 heterocycles. The molecule has 0 aliphatic carbocycles. The number of carbonyl (C=O) groups is 1. The summed E-state index contributed by atoms with van der Waals surface area (Å²) in [4.78, 5) is 25.4.